The number of aromatic amines is 1. The second kappa shape index (κ2) is 6.87. The van der Waals surface area contributed by atoms with Crippen molar-refractivity contribution in [1.29, 1.82) is 0 Å². The van der Waals surface area contributed by atoms with Gasteiger partial charge in [-0.05, 0) is 24.4 Å². The average molecular weight is 369 g/mol. The fourth-order valence-electron chi connectivity index (χ4n) is 2.77. The maximum Gasteiger partial charge on any atom is 0.221 e. The van der Waals surface area contributed by atoms with Crippen molar-refractivity contribution in [2.24, 2.45) is 0 Å². The molecule has 0 bridgehead atoms. The van der Waals surface area contributed by atoms with E-state index < -0.39 is 0 Å². The predicted octanol–water partition coefficient (Wildman–Crippen LogP) is 2.89. The van der Waals surface area contributed by atoms with Crippen LogP contribution >= 0.6 is 23.6 Å². The van der Waals surface area contributed by atoms with Crippen molar-refractivity contribution in [2.75, 3.05) is 7.05 Å². The molecular weight excluding hydrogens is 350 g/mol. The van der Waals surface area contributed by atoms with Gasteiger partial charge >= 0.3 is 0 Å². The van der Waals surface area contributed by atoms with Crippen LogP contribution in [0.25, 0.3) is 21.6 Å². The second-order valence-electron chi connectivity index (χ2n) is 6.02. The van der Waals surface area contributed by atoms with Gasteiger partial charge in [0.25, 0.3) is 0 Å². The Hall–Kier alpha value is -2.35. The van der Waals surface area contributed by atoms with Gasteiger partial charge in [0, 0.05) is 5.56 Å². The van der Waals surface area contributed by atoms with Gasteiger partial charge in [0.15, 0.2) is 12.5 Å². The quantitative estimate of drug-likeness (QED) is 0.533. The minimum Gasteiger partial charge on any atom is -0.313 e. The smallest absolute Gasteiger partial charge is 0.221 e. The van der Waals surface area contributed by atoms with Crippen LogP contribution in [0.4, 0.5) is 0 Å². The number of aromatic nitrogens is 4. The molecule has 4 aromatic rings. The normalized spacial score (nSPS) is 12.5. The third-order valence-corrected chi connectivity index (χ3v) is 5.29. The molecule has 2 N–H and O–H groups in total. The standard InChI is InChI=1S/C18H17N5S2/c1-22(11-16-19-14-9-5-6-10-15(14)25-16)12-23-18(24)20-17(21-23)13-7-3-2-4-8-13/h2-10H,11-12H2,1H3,(H,20,21,24)/p+1. The lowest BCUT2D eigenvalue weighted by Gasteiger charge is -2.12. The molecule has 0 radical (unpaired) electrons. The molecule has 126 valence electrons. The molecule has 7 heteroatoms. The number of nitrogens with one attached hydrogen (secondary N) is 2. The zero-order valence-corrected chi connectivity index (χ0v) is 15.4. The molecule has 25 heavy (non-hydrogen) atoms. The Bertz CT molecular complexity index is 1010. The molecule has 4 rings (SSSR count). The van der Waals surface area contributed by atoms with E-state index in [1.165, 1.54) is 9.60 Å². The van der Waals surface area contributed by atoms with Crippen LogP contribution in [0.1, 0.15) is 5.01 Å². The number of hydrogen-bond acceptors (Lipinski definition) is 4. The minimum atomic E-state index is 0.572. The molecule has 0 saturated heterocycles. The number of H-pyrrole nitrogens is 1. The zero-order chi connectivity index (χ0) is 17.2. The van der Waals surface area contributed by atoms with E-state index in [2.05, 4.69) is 35.3 Å². The van der Waals surface area contributed by atoms with Crippen molar-refractivity contribution >= 4 is 33.8 Å². The molecule has 0 spiro atoms. The molecule has 0 aliphatic heterocycles. The molecule has 0 fully saturated rings. The topological polar surface area (TPSA) is 50.9 Å². The average Bonchev–Trinajstić information content (AvgIpc) is 3.18. The molecular formula is C18H18N5S2+. The summed E-state index contributed by atoms with van der Waals surface area (Å²) < 4.78 is 3.72. The minimum absolute atomic E-state index is 0.572. The highest BCUT2D eigenvalue weighted by molar-refractivity contribution is 7.71. The summed E-state index contributed by atoms with van der Waals surface area (Å²) in [7, 11) is 2.14. The van der Waals surface area contributed by atoms with Crippen LogP contribution in [0.15, 0.2) is 54.6 Å². The Labute approximate surface area is 154 Å². The van der Waals surface area contributed by atoms with Crippen molar-refractivity contribution in [2.45, 2.75) is 13.2 Å². The van der Waals surface area contributed by atoms with Gasteiger partial charge in [0.1, 0.15) is 11.6 Å². The number of para-hydroxylation sites is 1. The Morgan fingerprint density at radius 3 is 2.64 bits per heavy atom. The number of nitrogens with zero attached hydrogens (tertiary/aromatic N) is 3. The summed E-state index contributed by atoms with van der Waals surface area (Å²) in [5, 5.41) is 4.44. The van der Waals surface area contributed by atoms with Gasteiger partial charge in [-0.2, -0.15) is 4.98 Å². The van der Waals surface area contributed by atoms with Crippen LogP contribution in [0.3, 0.4) is 0 Å². The van der Waals surface area contributed by atoms with E-state index in [4.69, 9.17) is 17.2 Å². The van der Waals surface area contributed by atoms with Crippen LogP contribution in [-0.4, -0.2) is 26.8 Å². The van der Waals surface area contributed by atoms with Crippen LogP contribution in [0.5, 0.6) is 0 Å². The van der Waals surface area contributed by atoms with E-state index in [0.717, 1.165) is 28.5 Å². The molecule has 0 amide bonds. The molecule has 0 aliphatic rings. The van der Waals surface area contributed by atoms with Gasteiger partial charge in [0.05, 0.1) is 17.3 Å². The van der Waals surface area contributed by atoms with Crippen LogP contribution in [-0.2, 0) is 13.2 Å². The fourth-order valence-corrected chi connectivity index (χ4v) is 4.05. The maximum atomic E-state index is 5.40. The van der Waals surface area contributed by atoms with Crippen molar-refractivity contribution in [1.82, 2.24) is 19.7 Å². The Morgan fingerprint density at radius 1 is 1.08 bits per heavy atom. The first-order valence-corrected chi connectivity index (χ1v) is 9.29. The summed E-state index contributed by atoms with van der Waals surface area (Å²) in [6.45, 7) is 1.56. The van der Waals surface area contributed by atoms with Crippen LogP contribution in [0.2, 0.25) is 0 Å². The first kappa shape index (κ1) is 16.1. The summed E-state index contributed by atoms with van der Waals surface area (Å²) in [5.41, 5.74) is 2.11. The summed E-state index contributed by atoms with van der Waals surface area (Å²) in [6.07, 6.45) is 0. The van der Waals surface area contributed by atoms with E-state index >= 15 is 0 Å². The van der Waals surface area contributed by atoms with Gasteiger partial charge < -0.3 is 4.90 Å². The number of fused-ring (bicyclic) bond motifs is 1. The van der Waals surface area contributed by atoms with E-state index in [-0.39, 0.29) is 0 Å². The second-order valence-corrected chi connectivity index (χ2v) is 7.50. The third kappa shape index (κ3) is 3.53. The van der Waals surface area contributed by atoms with Gasteiger partial charge in [-0.15, -0.1) is 11.3 Å². The van der Waals surface area contributed by atoms with Crippen molar-refractivity contribution < 1.29 is 4.90 Å². The first-order chi connectivity index (χ1) is 12.2. The first-order valence-electron chi connectivity index (χ1n) is 8.07. The van der Waals surface area contributed by atoms with Crippen LogP contribution < -0.4 is 4.90 Å². The zero-order valence-electron chi connectivity index (χ0n) is 13.8. The lowest BCUT2D eigenvalue weighted by molar-refractivity contribution is -0.917. The van der Waals surface area contributed by atoms with Gasteiger partial charge in [-0.3, -0.25) is 5.10 Å². The monoisotopic (exact) mass is 368 g/mol. The summed E-state index contributed by atoms with van der Waals surface area (Å²) in [5.74, 6) is 0.804. The Morgan fingerprint density at radius 2 is 1.84 bits per heavy atom. The van der Waals surface area contributed by atoms with E-state index in [1.807, 2.05) is 41.1 Å². The van der Waals surface area contributed by atoms with Crippen molar-refractivity contribution in [3.8, 4) is 11.4 Å². The number of thiazole rings is 1. The van der Waals surface area contributed by atoms with E-state index in [1.54, 1.807) is 11.3 Å². The highest BCUT2D eigenvalue weighted by Gasteiger charge is 2.12. The van der Waals surface area contributed by atoms with E-state index in [9.17, 15) is 0 Å². The highest BCUT2D eigenvalue weighted by atomic mass is 32.1. The SMILES string of the molecule is C[NH+](Cc1nc2ccccc2s1)Cn1[nH]c(-c2ccccc2)nc1=S. The lowest BCUT2D eigenvalue weighted by Crippen LogP contribution is -3.07. The number of benzene rings is 2. The maximum absolute atomic E-state index is 5.40. The number of rotatable bonds is 5. The van der Waals surface area contributed by atoms with Crippen molar-refractivity contribution in [3.05, 3.63) is 64.4 Å². The summed E-state index contributed by atoms with van der Waals surface area (Å²) in [6, 6.07) is 18.3. The Kier molecular flexibility index (Phi) is 4.44. The highest BCUT2D eigenvalue weighted by Crippen LogP contribution is 2.20. The molecule has 1 unspecified atom stereocenters. The van der Waals surface area contributed by atoms with Gasteiger partial charge in [0.2, 0.25) is 4.77 Å². The molecule has 2 aromatic carbocycles. The molecule has 2 heterocycles. The van der Waals surface area contributed by atoms with E-state index in [0.29, 0.717) is 11.4 Å². The molecule has 1 atom stereocenters. The molecule has 5 nitrogen and oxygen atoms in total. The summed E-state index contributed by atoms with van der Waals surface area (Å²) in [4.78, 5) is 10.5. The molecule has 0 saturated carbocycles. The fraction of sp³-hybridized carbons (Fsp3) is 0.167. The number of hydrogen-bond donors (Lipinski definition) is 2. The largest absolute Gasteiger partial charge is 0.313 e. The molecule has 2 aromatic heterocycles. The predicted molar refractivity (Wildman–Crippen MR) is 103 cm³/mol. The molecule has 0 aliphatic carbocycles. The summed E-state index contributed by atoms with van der Waals surface area (Å²) >= 11 is 7.15. The third-order valence-electron chi connectivity index (χ3n) is 3.95. The van der Waals surface area contributed by atoms with Gasteiger partial charge in [-0.1, -0.05) is 42.5 Å². The Balaban J connectivity index is 1.50. The van der Waals surface area contributed by atoms with Crippen LogP contribution in [0, 0.1) is 4.77 Å². The van der Waals surface area contributed by atoms with Gasteiger partial charge in [-0.25, -0.2) is 9.67 Å². The lowest BCUT2D eigenvalue weighted by atomic mass is 10.2. The van der Waals surface area contributed by atoms with Crippen molar-refractivity contribution in [3.63, 3.8) is 0 Å². The number of quaternary nitrogens is 1.